The van der Waals surface area contributed by atoms with E-state index >= 15 is 0 Å². The summed E-state index contributed by atoms with van der Waals surface area (Å²) in [6.45, 7) is 2.68. The van der Waals surface area contributed by atoms with Crippen molar-refractivity contribution in [2.45, 2.75) is 74.6 Å². The maximum absolute atomic E-state index is 14.6. The molecule has 2 heterocycles. The summed E-state index contributed by atoms with van der Waals surface area (Å²) in [5.41, 5.74) is -1.74. The van der Waals surface area contributed by atoms with Gasteiger partial charge in [0.25, 0.3) is 0 Å². The number of thioether (sulfide) groups is 1. The molecule has 2 aliphatic rings. The van der Waals surface area contributed by atoms with Crippen LogP contribution >= 0.6 is 11.8 Å². The van der Waals surface area contributed by atoms with Crippen LogP contribution in [0.15, 0.2) is 23.3 Å². The molecule has 0 saturated heterocycles. The molecule has 0 bridgehead atoms. The van der Waals surface area contributed by atoms with E-state index in [1.54, 1.807) is 6.92 Å². The lowest BCUT2D eigenvalue weighted by molar-refractivity contribution is -0.0629. The van der Waals surface area contributed by atoms with Crippen molar-refractivity contribution in [2.75, 3.05) is 24.2 Å². The van der Waals surface area contributed by atoms with Gasteiger partial charge < -0.3 is 25.4 Å². The molecule has 0 unspecified atom stereocenters. The maximum Gasteiger partial charge on any atom is 0.191 e. The molecule has 0 spiro atoms. The molecule has 6 atom stereocenters. The molecule has 2 aliphatic carbocycles. The first-order valence-corrected chi connectivity index (χ1v) is 12.5. The van der Waals surface area contributed by atoms with Crippen molar-refractivity contribution in [3.8, 4) is 0 Å². The first-order valence-electron chi connectivity index (χ1n) is 14.7. The molecule has 0 aliphatic heterocycles. The van der Waals surface area contributed by atoms with E-state index in [0.717, 1.165) is 11.8 Å². The van der Waals surface area contributed by atoms with Crippen molar-refractivity contribution < 1.29 is 32.7 Å². The van der Waals surface area contributed by atoms with Crippen LogP contribution in [0.25, 0.3) is 11.2 Å². The van der Waals surface area contributed by atoms with Crippen molar-refractivity contribution >= 4 is 28.7 Å². The Bertz CT molecular complexity index is 1490. The zero-order valence-electron chi connectivity index (χ0n) is 25.7. The fourth-order valence-corrected chi connectivity index (χ4v) is 4.79. The van der Waals surface area contributed by atoms with Crippen LogP contribution in [0.4, 0.5) is 10.2 Å². The number of aliphatic hydroxyl groups excluding tert-OH is 3. The van der Waals surface area contributed by atoms with E-state index < -0.39 is 53.9 Å². The van der Waals surface area contributed by atoms with E-state index in [1.165, 1.54) is 11.6 Å². The number of anilines is 1. The molecule has 1 aromatic carbocycles. The van der Waals surface area contributed by atoms with Gasteiger partial charge in [-0.05, 0) is 36.9 Å². The molecule has 4 N–H and O–H groups in total. The van der Waals surface area contributed by atoms with E-state index in [0.29, 0.717) is 0 Å². The highest BCUT2D eigenvalue weighted by atomic mass is 32.2. The normalized spacial score (nSPS) is 32.4. The van der Waals surface area contributed by atoms with Crippen LogP contribution in [-0.4, -0.2) is 83.5 Å². The number of hydrogen-bond donors (Lipinski definition) is 4. The fourth-order valence-electron chi connectivity index (χ4n) is 4.24. The Morgan fingerprint density at radius 2 is 2.17 bits per heavy atom. The largest absolute Gasteiger partial charge is 0.394 e. The van der Waals surface area contributed by atoms with Crippen LogP contribution in [0.5, 0.6) is 0 Å². The Balaban J connectivity index is 1.54. The van der Waals surface area contributed by atoms with Crippen molar-refractivity contribution in [2.24, 2.45) is 0 Å². The summed E-state index contributed by atoms with van der Waals surface area (Å²) in [6.07, 6.45) is -3.07. The number of fused-ring (bicyclic) bond motifs is 1. The third-order valence-corrected chi connectivity index (χ3v) is 7.02. The predicted octanol–water partition coefficient (Wildman–Crippen LogP) is 2.18. The van der Waals surface area contributed by atoms with Crippen molar-refractivity contribution in [3.63, 3.8) is 0 Å². The first-order chi connectivity index (χ1) is 19.7. The third kappa shape index (κ3) is 4.92. The van der Waals surface area contributed by atoms with Gasteiger partial charge in [0.2, 0.25) is 0 Å². The SMILES string of the molecule is [2H]c1c([2H])c([C@@H]2C[C@@]2([2H])Nc2nc(SC([2H])([2H])CC)nc3c2nnn3[C@@H]2C[C@H](OCCO)[C@@H](O)[C@H]2O)c([2H])c(F)c1C. The van der Waals surface area contributed by atoms with E-state index in [2.05, 4.69) is 25.6 Å². The molecule has 2 aromatic heterocycles. The first kappa shape index (κ1) is 18.8. The van der Waals surface area contributed by atoms with Gasteiger partial charge in [-0.1, -0.05) is 36.0 Å². The number of halogens is 1. The molecule has 10 nitrogen and oxygen atoms in total. The lowest BCUT2D eigenvalue weighted by Gasteiger charge is -2.17. The standard InChI is InChI=1S/C24H31FN6O4S/c1-3-8-36-24-27-22(26-16-10-14(16)13-5-4-12(2)15(25)9-13)19-23(28-24)31(30-29-19)17-11-18(35-7-6-32)21(34)20(17)33/h4-5,9,14,16-18,20-21,32-34H,3,6-8,10-11H2,1-2H3,(H,26,27,28)/t14-,16+,17+,18-,20-,21+/m0/s1/i4D,5D,8D2,9D,16D. The van der Waals surface area contributed by atoms with Crippen molar-refractivity contribution in [1.82, 2.24) is 25.0 Å². The van der Waals surface area contributed by atoms with Gasteiger partial charge >= 0.3 is 0 Å². The van der Waals surface area contributed by atoms with Crippen LogP contribution in [0, 0.1) is 12.7 Å². The number of ether oxygens (including phenoxy) is 1. The Hall–Kier alpha value is -2.38. The predicted molar refractivity (Wildman–Crippen MR) is 133 cm³/mol. The number of benzene rings is 1. The van der Waals surface area contributed by atoms with E-state index in [4.69, 9.17) is 18.1 Å². The zero-order chi connectivity index (χ0) is 30.7. The summed E-state index contributed by atoms with van der Waals surface area (Å²) in [5, 5.41) is 41.6. The molecule has 0 amide bonds. The molecule has 12 heteroatoms. The second-order valence-corrected chi connectivity index (χ2v) is 9.57. The Kier molecular flexibility index (Phi) is 5.51. The van der Waals surface area contributed by atoms with Crippen molar-refractivity contribution in [3.05, 3.63) is 35.1 Å². The Morgan fingerprint density at radius 3 is 2.94 bits per heavy atom. The minimum absolute atomic E-state index is 0.0102. The second-order valence-electron chi connectivity index (χ2n) is 8.71. The quantitative estimate of drug-likeness (QED) is 0.231. The molecule has 36 heavy (non-hydrogen) atoms. The highest BCUT2D eigenvalue weighted by Gasteiger charge is 2.45. The second kappa shape index (κ2) is 10.5. The fraction of sp³-hybridized carbons (Fsp3) is 0.583. The molecule has 2 fully saturated rings. The molecule has 0 radical (unpaired) electrons. The molecule has 3 aromatic rings. The highest BCUT2D eigenvalue weighted by Crippen LogP contribution is 2.44. The lowest BCUT2D eigenvalue weighted by Crippen LogP contribution is -2.33. The van der Waals surface area contributed by atoms with E-state index in [-0.39, 0.29) is 77.8 Å². The number of aromatic nitrogens is 5. The van der Waals surface area contributed by atoms with E-state index in [1.807, 2.05) is 0 Å². The summed E-state index contributed by atoms with van der Waals surface area (Å²) in [7, 11) is 0. The summed E-state index contributed by atoms with van der Waals surface area (Å²) < 4.78 is 71.4. The van der Waals surface area contributed by atoms with E-state index in [9.17, 15) is 14.6 Å². The van der Waals surface area contributed by atoms with Crippen LogP contribution in [0.2, 0.25) is 0 Å². The minimum Gasteiger partial charge on any atom is -0.394 e. The Labute approximate surface area is 220 Å². The average molecular weight is 525 g/mol. The zero-order valence-corrected chi connectivity index (χ0v) is 20.5. The average Bonchev–Trinajstić information content (AvgIpc) is 3.26. The van der Waals surface area contributed by atoms with Crippen LogP contribution in [-0.2, 0) is 4.74 Å². The minimum atomic E-state index is -1.75. The molecular weight excluding hydrogens is 487 g/mol. The topological polar surface area (TPSA) is 138 Å². The number of nitrogens with zero attached hydrogens (tertiary/aromatic N) is 5. The Morgan fingerprint density at radius 1 is 1.33 bits per heavy atom. The number of nitrogens with one attached hydrogen (secondary N) is 1. The van der Waals surface area contributed by atoms with Crippen LogP contribution in [0.1, 0.15) is 57.5 Å². The summed E-state index contributed by atoms with van der Waals surface area (Å²) >= 11 is 0.739. The highest BCUT2D eigenvalue weighted by molar-refractivity contribution is 7.99. The number of hydrogen-bond acceptors (Lipinski definition) is 10. The summed E-state index contributed by atoms with van der Waals surface area (Å²) in [4.78, 5) is 8.86. The lowest BCUT2D eigenvalue weighted by atomic mass is 10.1. The summed E-state index contributed by atoms with van der Waals surface area (Å²) in [6, 6.07) is -3.59. The van der Waals surface area contributed by atoms with Crippen LogP contribution in [0.3, 0.4) is 0 Å². The molecule has 5 rings (SSSR count). The molecular formula is C24H31FN6O4S. The number of rotatable bonds is 10. The number of aliphatic hydroxyl groups is 3. The van der Waals surface area contributed by atoms with Gasteiger partial charge in [-0.25, -0.2) is 19.0 Å². The van der Waals surface area contributed by atoms with Gasteiger partial charge in [0.1, 0.15) is 18.0 Å². The van der Waals surface area contributed by atoms with Gasteiger partial charge in [-0.3, -0.25) is 0 Å². The van der Waals surface area contributed by atoms with Crippen LogP contribution < -0.4 is 5.32 Å². The van der Waals surface area contributed by atoms with Gasteiger partial charge in [0.15, 0.2) is 22.1 Å². The van der Waals surface area contributed by atoms with Gasteiger partial charge in [-0.2, -0.15) is 0 Å². The summed E-state index contributed by atoms with van der Waals surface area (Å²) in [5.74, 6) is -1.71. The molecule has 2 saturated carbocycles. The maximum atomic E-state index is 14.6. The molecule has 194 valence electrons. The van der Waals surface area contributed by atoms with Gasteiger partial charge in [0.05, 0.1) is 30.8 Å². The monoisotopic (exact) mass is 524 g/mol. The smallest absolute Gasteiger partial charge is 0.191 e. The van der Waals surface area contributed by atoms with Crippen molar-refractivity contribution in [1.29, 1.82) is 0 Å². The third-order valence-electron chi connectivity index (χ3n) is 6.22. The van der Waals surface area contributed by atoms with Gasteiger partial charge in [-0.15, -0.1) is 5.10 Å². The van der Waals surface area contributed by atoms with Gasteiger partial charge in [0, 0.05) is 26.8 Å².